The summed E-state index contributed by atoms with van der Waals surface area (Å²) < 4.78 is 6.38. The second-order valence-corrected chi connectivity index (χ2v) is 6.56. The molecule has 4 nitrogen and oxygen atoms in total. The Balaban J connectivity index is 1.68. The van der Waals surface area contributed by atoms with Gasteiger partial charge in [0.15, 0.2) is 6.10 Å². The number of hydrogen-bond donors (Lipinski definition) is 2. The average molecular weight is 412 g/mol. The molecule has 6 heteroatoms. The Labute approximate surface area is 155 Å². The number of nitrogens with one attached hydrogen (secondary N) is 2. The normalized spacial score (nSPS) is 11.6. The largest absolute Gasteiger partial charge is 0.480 e. The van der Waals surface area contributed by atoms with E-state index in [-0.39, 0.29) is 5.91 Å². The Kier molecular flexibility index (Phi) is 7.40. The van der Waals surface area contributed by atoms with Gasteiger partial charge in [-0.25, -0.2) is 0 Å². The van der Waals surface area contributed by atoms with Gasteiger partial charge < -0.3 is 15.4 Å². The molecule has 0 aromatic heterocycles. The van der Waals surface area contributed by atoms with Gasteiger partial charge >= 0.3 is 0 Å². The van der Waals surface area contributed by atoms with Gasteiger partial charge in [0.05, 0.1) is 4.47 Å². The lowest BCUT2D eigenvalue weighted by Gasteiger charge is -2.16. The third-order valence-electron chi connectivity index (χ3n) is 3.32. The van der Waals surface area contributed by atoms with E-state index >= 15 is 0 Å². The number of carbonyl (C=O) groups is 1. The van der Waals surface area contributed by atoms with Gasteiger partial charge in [-0.05, 0) is 59.6 Å². The van der Waals surface area contributed by atoms with Crippen LogP contribution in [0.4, 0.5) is 5.69 Å². The molecule has 0 aliphatic heterocycles. The molecule has 1 amide bonds. The van der Waals surface area contributed by atoms with Crippen molar-refractivity contribution in [3.8, 4) is 5.75 Å². The SMILES string of the molecule is CC(Oc1ccc(Cl)cc1Br)C(=O)NCCCNc1ccccc1. The second-order valence-electron chi connectivity index (χ2n) is 5.27. The summed E-state index contributed by atoms with van der Waals surface area (Å²) in [5, 5.41) is 6.78. The summed E-state index contributed by atoms with van der Waals surface area (Å²) >= 11 is 9.26. The summed E-state index contributed by atoms with van der Waals surface area (Å²) in [6.45, 7) is 3.11. The van der Waals surface area contributed by atoms with Crippen LogP contribution in [0.3, 0.4) is 0 Å². The van der Waals surface area contributed by atoms with Crippen LogP contribution in [0.1, 0.15) is 13.3 Å². The summed E-state index contributed by atoms with van der Waals surface area (Å²) in [5.41, 5.74) is 1.08. The van der Waals surface area contributed by atoms with Gasteiger partial charge in [0.1, 0.15) is 5.75 Å². The summed E-state index contributed by atoms with van der Waals surface area (Å²) in [6.07, 6.45) is 0.252. The smallest absolute Gasteiger partial charge is 0.260 e. The first-order chi connectivity index (χ1) is 11.6. The van der Waals surface area contributed by atoms with Gasteiger partial charge in [0.25, 0.3) is 5.91 Å². The van der Waals surface area contributed by atoms with Crippen molar-refractivity contribution in [1.82, 2.24) is 5.32 Å². The minimum absolute atomic E-state index is 0.142. The van der Waals surface area contributed by atoms with Crippen molar-refractivity contribution in [2.75, 3.05) is 18.4 Å². The van der Waals surface area contributed by atoms with Crippen molar-refractivity contribution in [2.45, 2.75) is 19.4 Å². The van der Waals surface area contributed by atoms with E-state index in [2.05, 4.69) is 26.6 Å². The van der Waals surface area contributed by atoms with Crippen molar-refractivity contribution in [1.29, 1.82) is 0 Å². The third-order valence-corrected chi connectivity index (χ3v) is 4.18. The van der Waals surface area contributed by atoms with Gasteiger partial charge in [-0.15, -0.1) is 0 Å². The molecule has 0 aliphatic rings. The van der Waals surface area contributed by atoms with Gasteiger partial charge in [-0.2, -0.15) is 0 Å². The van der Waals surface area contributed by atoms with E-state index < -0.39 is 6.10 Å². The molecule has 2 rings (SSSR count). The van der Waals surface area contributed by atoms with Crippen LogP contribution in [0.2, 0.25) is 5.02 Å². The predicted octanol–water partition coefficient (Wildman–Crippen LogP) is 4.49. The topological polar surface area (TPSA) is 50.4 Å². The molecule has 0 bridgehead atoms. The van der Waals surface area contributed by atoms with Crippen molar-refractivity contribution < 1.29 is 9.53 Å². The highest BCUT2D eigenvalue weighted by atomic mass is 79.9. The van der Waals surface area contributed by atoms with Crippen LogP contribution in [-0.4, -0.2) is 25.1 Å². The fraction of sp³-hybridized carbons (Fsp3) is 0.278. The summed E-state index contributed by atoms with van der Waals surface area (Å²) in [5.74, 6) is 0.448. The Morgan fingerprint density at radius 3 is 2.67 bits per heavy atom. The van der Waals surface area contributed by atoms with Crippen molar-refractivity contribution >= 4 is 39.1 Å². The van der Waals surface area contributed by atoms with Gasteiger partial charge in [0.2, 0.25) is 0 Å². The standard InChI is InChI=1S/C18H20BrClN2O2/c1-13(24-17-9-8-14(20)12-16(17)19)18(23)22-11-5-10-21-15-6-3-2-4-7-15/h2-4,6-9,12-13,21H,5,10-11H2,1H3,(H,22,23). The maximum atomic E-state index is 12.1. The van der Waals surface area contributed by atoms with E-state index in [0.29, 0.717) is 17.3 Å². The lowest BCUT2D eigenvalue weighted by Crippen LogP contribution is -2.37. The lowest BCUT2D eigenvalue weighted by molar-refractivity contribution is -0.127. The first-order valence-electron chi connectivity index (χ1n) is 7.74. The maximum Gasteiger partial charge on any atom is 0.260 e. The third kappa shape index (κ3) is 6.06. The molecule has 2 aromatic carbocycles. The van der Waals surface area contributed by atoms with E-state index in [1.807, 2.05) is 30.3 Å². The Hall–Kier alpha value is -1.72. The quantitative estimate of drug-likeness (QED) is 0.629. The zero-order chi connectivity index (χ0) is 17.4. The van der Waals surface area contributed by atoms with E-state index in [1.54, 1.807) is 25.1 Å². The molecule has 0 saturated carbocycles. The van der Waals surface area contributed by atoms with Crippen LogP contribution in [0, 0.1) is 0 Å². The Morgan fingerprint density at radius 1 is 1.21 bits per heavy atom. The number of hydrogen-bond acceptors (Lipinski definition) is 3. The molecule has 128 valence electrons. The Bertz CT molecular complexity index is 667. The van der Waals surface area contributed by atoms with Crippen LogP contribution in [0.25, 0.3) is 0 Å². The van der Waals surface area contributed by atoms with Crippen LogP contribution in [0.5, 0.6) is 5.75 Å². The van der Waals surface area contributed by atoms with Crippen molar-refractivity contribution in [2.24, 2.45) is 0 Å². The molecule has 0 heterocycles. The minimum atomic E-state index is -0.579. The van der Waals surface area contributed by atoms with Crippen LogP contribution in [-0.2, 0) is 4.79 Å². The summed E-state index contributed by atoms with van der Waals surface area (Å²) in [7, 11) is 0. The van der Waals surface area contributed by atoms with Crippen molar-refractivity contribution in [3.05, 3.63) is 58.0 Å². The summed E-state index contributed by atoms with van der Waals surface area (Å²) in [6, 6.07) is 15.2. The zero-order valence-electron chi connectivity index (χ0n) is 13.4. The number of para-hydroxylation sites is 1. The molecule has 2 aromatic rings. The molecule has 0 spiro atoms. The molecule has 1 atom stereocenters. The van der Waals surface area contributed by atoms with Crippen LogP contribution in [0.15, 0.2) is 53.0 Å². The molecular formula is C18H20BrClN2O2. The highest BCUT2D eigenvalue weighted by Crippen LogP contribution is 2.28. The maximum absolute atomic E-state index is 12.1. The van der Waals surface area contributed by atoms with E-state index in [4.69, 9.17) is 16.3 Å². The van der Waals surface area contributed by atoms with Crippen molar-refractivity contribution in [3.63, 3.8) is 0 Å². The first kappa shape index (κ1) is 18.6. The zero-order valence-corrected chi connectivity index (χ0v) is 15.7. The highest BCUT2D eigenvalue weighted by Gasteiger charge is 2.15. The monoisotopic (exact) mass is 410 g/mol. The number of carbonyl (C=O) groups excluding carboxylic acids is 1. The van der Waals surface area contributed by atoms with E-state index in [0.717, 1.165) is 23.1 Å². The molecule has 0 saturated heterocycles. The van der Waals surface area contributed by atoms with Gasteiger partial charge in [-0.1, -0.05) is 29.8 Å². The fourth-order valence-electron chi connectivity index (χ4n) is 2.05. The van der Waals surface area contributed by atoms with E-state index in [1.165, 1.54) is 0 Å². The van der Waals surface area contributed by atoms with Gasteiger partial charge in [-0.3, -0.25) is 4.79 Å². The first-order valence-corrected chi connectivity index (χ1v) is 8.91. The van der Waals surface area contributed by atoms with E-state index in [9.17, 15) is 4.79 Å². The molecule has 0 radical (unpaired) electrons. The number of halogens is 2. The predicted molar refractivity (Wildman–Crippen MR) is 102 cm³/mol. The number of benzene rings is 2. The number of amides is 1. The molecule has 24 heavy (non-hydrogen) atoms. The number of ether oxygens (including phenoxy) is 1. The highest BCUT2D eigenvalue weighted by molar-refractivity contribution is 9.10. The number of anilines is 1. The number of rotatable bonds is 8. The molecule has 2 N–H and O–H groups in total. The second kappa shape index (κ2) is 9.55. The van der Waals surface area contributed by atoms with Crippen LogP contribution >= 0.6 is 27.5 Å². The molecule has 0 aliphatic carbocycles. The molecule has 1 unspecified atom stereocenters. The molecular weight excluding hydrogens is 392 g/mol. The van der Waals surface area contributed by atoms with Crippen LogP contribution < -0.4 is 15.4 Å². The van der Waals surface area contributed by atoms with Gasteiger partial charge in [0, 0.05) is 23.8 Å². The summed E-state index contributed by atoms with van der Waals surface area (Å²) in [4.78, 5) is 12.1. The average Bonchev–Trinajstić information content (AvgIpc) is 2.57. The lowest BCUT2D eigenvalue weighted by atomic mass is 10.3. The minimum Gasteiger partial charge on any atom is -0.480 e. The fourth-order valence-corrected chi connectivity index (χ4v) is 2.82. The molecule has 0 fully saturated rings. The Morgan fingerprint density at radius 2 is 1.96 bits per heavy atom.